The molecule has 0 rings (SSSR count). The Kier molecular flexibility index (Phi) is 7.65. The van der Waals surface area contributed by atoms with E-state index in [1.165, 1.54) is 5.57 Å². The maximum atomic E-state index is 5.32. The first kappa shape index (κ1) is 12.4. The summed E-state index contributed by atoms with van der Waals surface area (Å²) in [6.07, 6.45) is 1.04. The van der Waals surface area contributed by atoms with E-state index in [1.807, 2.05) is 13.8 Å². The molecule has 13 heavy (non-hydrogen) atoms. The highest BCUT2D eigenvalue weighted by Gasteiger charge is 1.89. The molecule has 0 aromatic carbocycles. The highest BCUT2D eigenvalue weighted by molar-refractivity contribution is 4.88. The van der Waals surface area contributed by atoms with Crippen LogP contribution in [0.4, 0.5) is 0 Å². The third-order valence-corrected chi connectivity index (χ3v) is 1.50. The molecule has 0 fully saturated rings. The molecule has 0 spiro atoms. The summed E-state index contributed by atoms with van der Waals surface area (Å²) in [5.74, 6) is 0. The molecule has 0 aliphatic carbocycles. The largest absolute Gasteiger partial charge is 0.376 e. The summed E-state index contributed by atoms with van der Waals surface area (Å²) < 4.78 is 5.32. The van der Waals surface area contributed by atoms with Gasteiger partial charge in [-0.3, -0.25) is 0 Å². The molecule has 0 radical (unpaired) electrons. The Bertz CT molecular complexity index is 145. The smallest absolute Gasteiger partial charge is 0.0672 e. The first-order chi connectivity index (χ1) is 6.13. The van der Waals surface area contributed by atoms with Gasteiger partial charge in [-0.05, 0) is 26.8 Å². The predicted octanol–water partition coefficient (Wildman–Crippen LogP) is 2.13. The fourth-order valence-corrected chi connectivity index (χ4v) is 0.818. The molecule has 0 saturated carbocycles. The average Bonchev–Trinajstić information content (AvgIpc) is 2.01. The number of rotatable bonds is 8. The van der Waals surface area contributed by atoms with Gasteiger partial charge in [0.1, 0.15) is 0 Å². The van der Waals surface area contributed by atoms with Crippen molar-refractivity contribution in [2.24, 2.45) is 0 Å². The van der Waals surface area contributed by atoms with Crippen molar-refractivity contribution in [1.82, 2.24) is 5.32 Å². The molecule has 2 heteroatoms. The Morgan fingerprint density at radius 3 is 2.38 bits per heavy atom. The second kappa shape index (κ2) is 8.02. The van der Waals surface area contributed by atoms with Gasteiger partial charge in [-0.2, -0.15) is 0 Å². The van der Waals surface area contributed by atoms with Crippen LogP contribution in [0.15, 0.2) is 24.3 Å². The summed E-state index contributed by atoms with van der Waals surface area (Å²) in [4.78, 5) is 0. The predicted molar refractivity (Wildman–Crippen MR) is 57.9 cm³/mol. The minimum absolute atomic E-state index is 0.669. The van der Waals surface area contributed by atoms with E-state index < -0.39 is 0 Å². The molecule has 2 nitrogen and oxygen atoms in total. The molecular formula is C11H21NO. The Morgan fingerprint density at radius 2 is 1.85 bits per heavy atom. The van der Waals surface area contributed by atoms with Crippen LogP contribution in [0.1, 0.15) is 20.3 Å². The number of hydrogen-bond donors (Lipinski definition) is 1. The summed E-state index contributed by atoms with van der Waals surface area (Å²) in [6, 6.07) is 0. The lowest BCUT2D eigenvalue weighted by atomic mass is 10.2. The van der Waals surface area contributed by atoms with Crippen LogP contribution in [0, 0.1) is 0 Å². The van der Waals surface area contributed by atoms with Gasteiger partial charge in [-0.1, -0.05) is 17.7 Å². The van der Waals surface area contributed by atoms with Crippen molar-refractivity contribution in [2.75, 3.05) is 26.3 Å². The van der Waals surface area contributed by atoms with Crippen LogP contribution in [0.3, 0.4) is 0 Å². The molecule has 0 atom stereocenters. The highest BCUT2D eigenvalue weighted by atomic mass is 16.5. The van der Waals surface area contributed by atoms with E-state index in [-0.39, 0.29) is 0 Å². The van der Waals surface area contributed by atoms with Crippen molar-refractivity contribution in [1.29, 1.82) is 0 Å². The Labute approximate surface area is 81.7 Å². The van der Waals surface area contributed by atoms with Gasteiger partial charge in [-0.15, -0.1) is 6.58 Å². The topological polar surface area (TPSA) is 21.3 Å². The second-order valence-corrected chi connectivity index (χ2v) is 3.47. The standard InChI is InChI=1S/C11H21NO/c1-10(2)5-6-12-7-8-13-9-11(3)4/h12H,1,3,5-9H2,2,4H3. The Hall–Kier alpha value is -0.600. The molecule has 0 aliphatic rings. The fourth-order valence-electron chi connectivity index (χ4n) is 0.818. The van der Waals surface area contributed by atoms with E-state index >= 15 is 0 Å². The van der Waals surface area contributed by atoms with Gasteiger partial charge in [0, 0.05) is 6.54 Å². The van der Waals surface area contributed by atoms with Gasteiger partial charge in [0.05, 0.1) is 13.2 Å². The van der Waals surface area contributed by atoms with E-state index in [9.17, 15) is 0 Å². The van der Waals surface area contributed by atoms with E-state index in [0.29, 0.717) is 6.61 Å². The molecule has 0 aliphatic heterocycles. The zero-order valence-electron chi connectivity index (χ0n) is 8.86. The molecule has 0 aromatic rings. The first-order valence-electron chi connectivity index (χ1n) is 4.70. The lowest BCUT2D eigenvalue weighted by Crippen LogP contribution is -2.21. The van der Waals surface area contributed by atoms with Gasteiger partial charge in [0.25, 0.3) is 0 Å². The van der Waals surface area contributed by atoms with Crippen LogP contribution >= 0.6 is 0 Å². The Morgan fingerprint density at radius 1 is 1.15 bits per heavy atom. The zero-order chi connectivity index (χ0) is 10.1. The summed E-state index contributed by atoms with van der Waals surface area (Å²) in [7, 11) is 0. The van der Waals surface area contributed by atoms with Crippen molar-refractivity contribution in [3.63, 3.8) is 0 Å². The quantitative estimate of drug-likeness (QED) is 0.460. The number of nitrogens with one attached hydrogen (secondary N) is 1. The van der Waals surface area contributed by atoms with Crippen LogP contribution < -0.4 is 5.32 Å². The lowest BCUT2D eigenvalue weighted by Gasteiger charge is -2.05. The number of ether oxygens (including phenoxy) is 1. The van der Waals surface area contributed by atoms with Crippen LogP contribution in [0.25, 0.3) is 0 Å². The van der Waals surface area contributed by atoms with E-state index in [4.69, 9.17) is 4.74 Å². The summed E-state index contributed by atoms with van der Waals surface area (Å²) in [5, 5.41) is 3.27. The molecule has 0 bridgehead atoms. The number of hydrogen-bond acceptors (Lipinski definition) is 2. The maximum Gasteiger partial charge on any atom is 0.0672 e. The fraction of sp³-hybridized carbons (Fsp3) is 0.636. The second-order valence-electron chi connectivity index (χ2n) is 3.47. The highest BCUT2D eigenvalue weighted by Crippen LogP contribution is 1.91. The molecule has 1 N–H and O–H groups in total. The van der Waals surface area contributed by atoms with E-state index in [1.54, 1.807) is 0 Å². The zero-order valence-corrected chi connectivity index (χ0v) is 8.86. The molecule has 0 heterocycles. The summed E-state index contributed by atoms with van der Waals surface area (Å²) in [5.41, 5.74) is 2.29. The molecular weight excluding hydrogens is 162 g/mol. The van der Waals surface area contributed by atoms with Gasteiger partial charge in [0.2, 0.25) is 0 Å². The molecule has 76 valence electrons. The van der Waals surface area contributed by atoms with E-state index in [0.717, 1.165) is 31.7 Å². The van der Waals surface area contributed by atoms with Crippen LogP contribution in [0.5, 0.6) is 0 Å². The van der Waals surface area contributed by atoms with Gasteiger partial charge in [-0.25, -0.2) is 0 Å². The molecule has 0 amide bonds. The molecule has 0 aromatic heterocycles. The monoisotopic (exact) mass is 183 g/mol. The normalized spacial score (nSPS) is 10.0. The van der Waals surface area contributed by atoms with Crippen molar-refractivity contribution in [3.8, 4) is 0 Å². The van der Waals surface area contributed by atoms with Crippen LogP contribution in [0.2, 0.25) is 0 Å². The Balaban J connectivity index is 3.00. The molecule has 0 saturated heterocycles. The third kappa shape index (κ3) is 11.4. The van der Waals surface area contributed by atoms with Crippen molar-refractivity contribution in [2.45, 2.75) is 20.3 Å². The van der Waals surface area contributed by atoms with Gasteiger partial charge < -0.3 is 10.1 Å². The summed E-state index contributed by atoms with van der Waals surface area (Å²) >= 11 is 0. The van der Waals surface area contributed by atoms with Crippen molar-refractivity contribution in [3.05, 3.63) is 24.3 Å². The van der Waals surface area contributed by atoms with Crippen LogP contribution in [-0.2, 0) is 4.74 Å². The minimum Gasteiger partial charge on any atom is -0.376 e. The van der Waals surface area contributed by atoms with Crippen molar-refractivity contribution >= 4 is 0 Å². The van der Waals surface area contributed by atoms with Gasteiger partial charge in [0.15, 0.2) is 0 Å². The summed E-state index contributed by atoms with van der Waals surface area (Å²) in [6.45, 7) is 14.9. The minimum atomic E-state index is 0.669. The maximum absolute atomic E-state index is 5.32. The first-order valence-corrected chi connectivity index (χ1v) is 4.70. The van der Waals surface area contributed by atoms with E-state index in [2.05, 4.69) is 18.5 Å². The van der Waals surface area contributed by atoms with Crippen LogP contribution in [-0.4, -0.2) is 26.3 Å². The lowest BCUT2D eigenvalue weighted by molar-refractivity contribution is 0.158. The SMILES string of the molecule is C=C(C)CCNCCOCC(=C)C. The third-order valence-electron chi connectivity index (χ3n) is 1.50. The van der Waals surface area contributed by atoms with Crippen molar-refractivity contribution < 1.29 is 4.74 Å². The average molecular weight is 183 g/mol. The molecule has 0 unspecified atom stereocenters. The van der Waals surface area contributed by atoms with Gasteiger partial charge >= 0.3 is 0 Å².